The van der Waals surface area contributed by atoms with E-state index >= 15 is 0 Å². The van der Waals surface area contributed by atoms with E-state index in [1.165, 1.54) is 34.2 Å². The van der Waals surface area contributed by atoms with Crippen LogP contribution >= 0.6 is 22.7 Å². The Hall–Kier alpha value is -4.84. The number of azo groups is 1. The number of hydrogen-bond donors (Lipinski definition) is 1. The summed E-state index contributed by atoms with van der Waals surface area (Å²) >= 11 is 2.41. The summed E-state index contributed by atoms with van der Waals surface area (Å²) in [6.45, 7) is 14.8. The Morgan fingerprint density at radius 3 is 1.95 bits per heavy atom. The summed E-state index contributed by atoms with van der Waals surface area (Å²) in [5.41, 5.74) is 7.64. The number of anilines is 5. The van der Waals surface area contributed by atoms with E-state index in [1.807, 2.05) is 45.9 Å². The van der Waals surface area contributed by atoms with Gasteiger partial charge in [0.05, 0.1) is 31.4 Å². The van der Waals surface area contributed by atoms with Crippen LogP contribution in [0.1, 0.15) is 77.9 Å². The number of rotatable bonds is 14. The normalized spacial score (nSPS) is 10.9. The summed E-state index contributed by atoms with van der Waals surface area (Å²) < 4.78 is 129. The summed E-state index contributed by atoms with van der Waals surface area (Å²) in [4.78, 5) is 15.8. The number of benzene rings is 4. The smallest absolute Gasteiger partial charge is 0.744 e. The average molecular weight is 1160 g/mol. The Kier molecular flexibility index (Phi) is 26.5. The number of nitrogens with zero attached hydrogens (tertiary/aromatic N) is 9. The third kappa shape index (κ3) is 16.4. The van der Waals surface area contributed by atoms with Gasteiger partial charge in [-0.05, 0) is 85.6 Å². The Balaban J connectivity index is 0.00000167. The van der Waals surface area contributed by atoms with Crippen LogP contribution < -0.4 is 85.7 Å². The van der Waals surface area contributed by atoms with Crippen molar-refractivity contribution in [1.82, 2.24) is 24.7 Å². The van der Waals surface area contributed by atoms with Gasteiger partial charge in [-0.1, -0.05) is 75.3 Å². The summed E-state index contributed by atoms with van der Waals surface area (Å²) in [5.74, 6) is 0.601. The number of pyridine rings is 1. The maximum atomic E-state index is 13.1. The van der Waals surface area contributed by atoms with Crippen molar-refractivity contribution in [2.75, 3.05) is 10.2 Å². The minimum Gasteiger partial charge on any atom is -0.744 e. The van der Waals surface area contributed by atoms with Gasteiger partial charge in [0.25, 0.3) is 0 Å². The van der Waals surface area contributed by atoms with E-state index in [2.05, 4.69) is 28.6 Å². The topological polar surface area (TPSA) is 337 Å². The maximum Gasteiger partial charge on any atom is 1.00 e. The second-order valence-electron chi connectivity index (χ2n) is 16.0. The average Bonchev–Trinajstić information content (AvgIpc) is 4.05. The van der Waals surface area contributed by atoms with Gasteiger partial charge in [0.1, 0.15) is 49.2 Å². The van der Waals surface area contributed by atoms with Gasteiger partial charge in [-0.15, -0.1) is 52.7 Å². The molecule has 0 aliphatic heterocycles. The fraction of sp³-hybridized carbons (Fsp3) is 0.255. The van der Waals surface area contributed by atoms with Crippen LogP contribution in [-0.4, -0.2) is 75.9 Å². The minimum absolute atomic E-state index is 0. The molecule has 22 nitrogen and oxygen atoms in total. The number of aryl methyl sites for hydroxylation is 7. The molecule has 0 aliphatic carbocycles. The summed E-state index contributed by atoms with van der Waals surface area (Å²) in [6.07, 6.45) is 1.79. The molecule has 0 amide bonds. The van der Waals surface area contributed by atoms with Gasteiger partial charge < -0.3 is 14.4 Å². The molecule has 1 N–H and O–H groups in total. The van der Waals surface area contributed by atoms with Gasteiger partial charge in [0, 0.05) is 0 Å². The van der Waals surface area contributed by atoms with Gasteiger partial charge in [-0.3, -0.25) is 4.90 Å². The quantitative estimate of drug-likeness (QED) is 0.0487. The van der Waals surface area contributed by atoms with Crippen LogP contribution in [0.5, 0.6) is 0 Å². The Labute approximate surface area is 515 Å². The van der Waals surface area contributed by atoms with Gasteiger partial charge in [-0.2, -0.15) is 62.3 Å². The van der Waals surface area contributed by atoms with Crippen molar-refractivity contribution in [2.45, 2.75) is 90.9 Å². The van der Waals surface area contributed by atoms with E-state index in [4.69, 9.17) is 50.4 Å². The van der Waals surface area contributed by atoms with Crippen LogP contribution in [0.4, 0.5) is 39.6 Å². The monoisotopic (exact) mass is 1160 g/mol. The molecule has 0 spiro atoms. The first-order valence-electron chi connectivity index (χ1n) is 22.2. The number of nitrogens with one attached hydrogen (secondary N) is 1. The van der Waals surface area contributed by atoms with Gasteiger partial charge in [0.2, 0.25) is 0 Å². The second-order valence-corrected chi connectivity index (χ2v) is 21.6. The van der Waals surface area contributed by atoms with E-state index in [-0.39, 0.29) is 132 Å². The van der Waals surface area contributed by atoms with Crippen molar-refractivity contribution < 1.29 is 127 Å². The second kappa shape index (κ2) is 29.7. The van der Waals surface area contributed by atoms with Crippen LogP contribution in [0.3, 0.4) is 0 Å². The molecule has 0 atom stereocenters. The predicted octanol–water partition coefficient (Wildman–Crippen LogP) is -3.11. The zero-order valence-corrected chi connectivity index (χ0v) is 49.8. The van der Waals surface area contributed by atoms with E-state index in [0.717, 1.165) is 43.9 Å². The first kappa shape index (κ1) is 70.3. The predicted molar refractivity (Wildman–Crippen MR) is 277 cm³/mol. The van der Waals surface area contributed by atoms with Crippen LogP contribution in [-0.2, 0) is 67.1 Å². The number of nitriles is 1. The summed E-state index contributed by atoms with van der Waals surface area (Å²) in [5, 5.41) is 28.8. The third-order valence-electron chi connectivity index (χ3n) is 11.2. The third-order valence-corrected chi connectivity index (χ3v) is 15.1. The van der Waals surface area contributed by atoms with E-state index in [0.29, 0.717) is 57.1 Å². The fourth-order valence-electron chi connectivity index (χ4n) is 8.13. The zero-order chi connectivity index (χ0) is 55.3. The van der Waals surface area contributed by atoms with Crippen molar-refractivity contribution >= 4 is 124 Å². The molecule has 4 aromatic carbocycles. The Morgan fingerprint density at radius 2 is 1.39 bits per heavy atom. The van der Waals surface area contributed by atoms with E-state index in [1.54, 1.807) is 50.8 Å². The van der Waals surface area contributed by atoms with Crippen LogP contribution in [0, 0.1) is 51.2 Å². The molecule has 0 saturated heterocycles. The molecular formula is C47H42Li4N10O12S6. The van der Waals surface area contributed by atoms with Gasteiger partial charge in [0.15, 0.2) is 16.1 Å². The number of thiazole rings is 2. The molecule has 32 heteroatoms. The Bertz CT molecular complexity index is 4020. The van der Waals surface area contributed by atoms with Gasteiger partial charge in [-0.25, -0.2) is 31.8 Å². The number of hydrogen-bond acceptors (Lipinski definition) is 23. The molecule has 79 heavy (non-hydrogen) atoms. The van der Waals surface area contributed by atoms with E-state index < -0.39 is 46.3 Å². The standard InChI is InChI=1S/C47H44N10O6S4.4Li.2O3S/c1-9-29-19-25(5)20-30(10-2)41(29)52-44-40(53-54-45-34(24-48)28(8)55-57(45)47-50-35-15-13-14-16-37(35)64-47)26(6)22-39(51-44)56(46-49-36-18-17-32(66(58,59)60)23-38(36)65-46)42-31(11-3)21-27(7)43(33(42)12-4)67(61,62)63;;;;;2*1-4(2)3/h13,15-19,21-23H,9-12H2,1-8H3,(H,51,52)(H,58,59,60)(H,61,62,63);;;;;;/q-2;4*+1;;/p-2. The number of fused-ring (bicyclic) bond motifs is 2. The van der Waals surface area contributed by atoms with Gasteiger partial charge >= 0.3 is 96.7 Å². The molecule has 4 aromatic heterocycles. The fourth-order valence-corrected chi connectivity index (χ4v) is 11.6. The molecule has 392 valence electrons. The molecular weight excluding hydrogens is 1120 g/mol. The molecule has 0 unspecified atom stereocenters. The molecule has 0 fully saturated rings. The largest absolute Gasteiger partial charge is 1.00 e. The molecule has 0 saturated carbocycles. The number of aromatic nitrogens is 5. The molecule has 0 aliphatic rings. The summed E-state index contributed by atoms with van der Waals surface area (Å²) in [7, 11) is -16.1. The van der Waals surface area contributed by atoms with Crippen molar-refractivity contribution in [2.24, 2.45) is 10.2 Å². The SMILES string of the molecule is CCc1[c-]c(C)cc(CC)c1Nc1nc(N(c2nc3ccc(S(=O)(=O)[O-])cc3s2)c2c(CC)cc(C)c(S(=O)(=O)[O-])c2CC)cc(C)c1N=Nc1c(C#N)c(C)nn1-c1nc2cc[c-]cc2s1.O=S(=O)=O.O=S(=O)=O.[Li+].[Li+].[Li+].[Li+]. The van der Waals surface area contributed by atoms with Crippen LogP contribution in [0.15, 0.2) is 74.6 Å². The van der Waals surface area contributed by atoms with Crippen molar-refractivity contribution in [3.05, 3.63) is 117 Å². The molecule has 4 heterocycles. The maximum absolute atomic E-state index is 13.1. The minimum atomic E-state index is -5.01. The summed E-state index contributed by atoms with van der Waals surface area (Å²) in [6, 6.07) is 23.5. The molecule has 8 rings (SSSR count). The van der Waals surface area contributed by atoms with Crippen LogP contribution in [0.2, 0.25) is 0 Å². The van der Waals surface area contributed by atoms with E-state index in [9.17, 15) is 31.2 Å². The zero-order valence-electron chi connectivity index (χ0n) is 44.9. The molecule has 0 bridgehead atoms. The van der Waals surface area contributed by atoms with Crippen molar-refractivity contribution in [1.29, 1.82) is 5.26 Å². The first-order chi connectivity index (χ1) is 35.3. The van der Waals surface area contributed by atoms with Crippen molar-refractivity contribution in [3.8, 4) is 11.2 Å². The first-order valence-corrected chi connectivity index (χ1v) is 28.6. The molecule has 8 aromatic rings. The Morgan fingerprint density at radius 1 is 0.759 bits per heavy atom. The van der Waals surface area contributed by atoms with Crippen molar-refractivity contribution in [3.63, 3.8) is 0 Å². The molecule has 0 radical (unpaired) electrons. The van der Waals surface area contributed by atoms with Crippen LogP contribution in [0.25, 0.3) is 25.6 Å².